The number of rotatable bonds is 9. The Morgan fingerprint density at radius 2 is 1.25 bits per heavy atom. The summed E-state index contributed by atoms with van der Waals surface area (Å²) in [5.74, 6) is 0.893. The second-order valence-corrected chi connectivity index (χ2v) is 13.1. The highest BCUT2D eigenvalue weighted by molar-refractivity contribution is 6.67. The number of nitrogens with one attached hydrogen (secondary N) is 2. The van der Waals surface area contributed by atoms with E-state index in [0.29, 0.717) is 6.54 Å². The van der Waals surface area contributed by atoms with Crippen LogP contribution in [0.3, 0.4) is 0 Å². The smallest absolute Gasteiger partial charge is 0.155 e. The molecule has 44 heavy (non-hydrogen) atoms. The average molecular weight is 587 g/mol. The van der Waals surface area contributed by atoms with Crippen molar-refractivity contribution in [1.82, 2.24) is 10.3 Å². The predicted molar refractivity (Wildman–Crippen MR) is 187 cm³/mol. The first-order chi connectivity index (χ1) is 21.8. The van der Waals surface area contributed by atoms with Crippen LogP contribution >= 0.6 is 0 Å². The molecule has 0 amide bonds. The first-order valence-corrected chi connectivity index (χ1v) is 16.5. The first-order valence-electron chi connectivity index (χ1n) is 15.1. The Balaban J connectivity index is 1.09. The lowest BCUT2D eigenvalue weighted by Crippen LogP contribution is -2.30. The van der Waals surface area contributed by atoms with E-state index >= 15 is 0 Å². The van der Waals surface area contributed by atoms with Crippen molar-refractivity contribution < 1.29 is 0 Å². The van der Waals surface area contributed by atoms with Crippen LogP contribution in [0.4, 0.5) is 11.4 Å². The van der Waals surface area contributed by atoms with Crippen LogP contribution in [0, 0.1) is 0 Å². The van der Waals surface area contributed by atoms with Gasteiger partial charge in [0.15, 0.2) is 5.84 Å². The minimum absolute atomic E-state index is 0.0307. The van der Waals surface area contributed by atoms with Crippen molar-refractivity contribution in [2.75, 3.05) is 5.32 Å². The number of hydrazone groups is 1. The van der Waals surface area contributed by atoms with E-state index in [1.54, 1.807) is 0 Å². The van der Waals surface area contributed by atoms with E-state index in [-0.39, 0.29) is 6.17 Å². The van der Waals surface area contributed by atoms with Crippen molar-refractivity contribution in [3.63, 3.8) is 0 Å². The highest BCUT2D eigenvalue weighted by atomic mass is 28.2. The van der Waals surface area contributed by atoms with Gasteiger partial charge < -0.3 is 10.6 Å². The zero-order chi connectivity index (χ0) is 29.6. The molecule has 0 saturated carbocycles. The van der Waals surface area contributed by atoms with Gasteiger partial charge in [0.1, 0.15) is 6.17 Å². The van der Waals surface area contributed by atoms with E-state index < -0.39 is 9.52 Å². The SMILES string of the molecule is c1ccc([SiH2]c2cccc(-c3ccccc3Nc3ccc(CN4N=C(c5ccccc5)NC4c4ccccc4)cc3)c2)cc1. The van der Waals surface area contributed by atoms with Crippen LogP contribution < -0.4 is 21.0 Å². The van der Waals surface area contributed by atoms with Crippen molar-refractivity contribution in [3.05, 3.63) is 180 Å². The second kappa shape index (κ2) is 12.9. The summed E-state index contributed by atoms with van der Waals surface area (Å²) in [5, 5.41) is 17.4. The Bertz CT molecular complexity index is 1860. The summed E-state index contributed by atoms with van der Waals surface area (Å²) in [5.41, 5.74) is 8.08. The van der Waals surface area contributed by atoms with Crippen molar-refractivity contribution in [2.24, 2.45) is 5.10 Å². The molecular weight excluding hydrogens is 553 g/mol. The Morgan fingerprint density at radius 1 is 0.614 bits per heavy atom. The van der Waals surface area contributed by atoms with Crippen LogP contribution in [0.2, 0.25) is 0 Å². The number of benzene rings is 6. The van der Waals surface area contributed by atoms with Crippen LogP contribution in [-0.4, -0.2) is 20.4 Å². The van der Waals surface area contributed by atoms with Gasteiger partial charge >= 0.3 is 0 Å². The summed E-state index contributed by atoms with van der Waals surface area (Å²) in [4.78, 5) is 0. The maximum absolute atomic E-state index is 5.01. The first kappa shape index (κ1) is 27.4. The fourth-order valence-electron chi connectivity index (χ4n) is 5.73. The number of amidine groups is 1. The van der Waals surface area contributed by atoms with E-state index in [9.17, 15) is 0 Å². The minimum atomic E-state index is -0.522. The maximum atomic E-state index is 5.01. The minimum Gasteiger partial charge on any atom is -0.355 e. The van der Waals surface area contributed by atoms with Crippen molar-refractivity contribution in [3.8, 4) is 11.1 Å². The number of nitrogens with zero attached hydrogens (tertiary/aromatic N) is 2. The molecule has 6 aromatic carbocycles. The molecule has 5 heteroatoms. The molecule has 0 radical (unpaired) electrons. The molecule has 1 unspecified atom stereocenters. The van der Waals surface area contributed by atoms with Gasteiger partial charge in [-0.2, -0.15) is 5.10 Å². The van der Waals surface area contributed by atoms with Gasteiger partial charge in [0, 0.05) is 22.5 Å². The molecule has 1 aliphatic rings. The van der Waals surface area contributed by atoms with Crippen LogP contribution in [0.1, 0.15) is 22.9 Å². The highest BCUT2D eigenvalue weighted by Crippen LogP contribution is 2.31. The molecule has 4 nitrogen and oxygen atoms in total. The molecule has 0 aliphatic carbocycles. The highest BCUT2D eigenvalue weighted by Gasteiger charge is 2.27. The third-order valence-electron chi connectivity index (χ3n) is 7.96. The Labute approximate surface area is 261 Å². The summed E-state index contributed by atoms with van der Waals surface area (Å²) in [7, 11) is -0.522. The molecule has 0 saturated heterocycles. The Kier molecular flexibility index (Phi) is 8.02. The third-order valence-corrected chi connectivity index (χ3v) is 9.68. The molecule has 0 bridgehead atoms. The molecule has 0 fully saturated rings. The van der Waals surface area contributed by atoms with Crippen LogP contribution in [-0.2, 0) is 6.54 Å². The molecule has 2 N–H and O–H groups in total. The molecule has 1 heterocycles. The van der Waals surface area contributed by atoms with Crippen LogP contribution in [0.5, 0.6) is 0 Å². The third kappa shape index (κ3) is 6.33. The van der Waals surface area contributed by atoms with E-state index in [4.69, 9.17) is 5.10 Å². The van der Waals surface area contributed by atoms with Gasteiger partial charge in [0.2, 0.25) is 0 Å². The summed E-state index contributed by atoms with van der Waals surface area (Å²) < 4.78 is 0. The average Bonchev–Trinajstić information content (AvgIpc) is 3.51. The summed E-state index contributed by atoms with van der Waals surface area (Å²) in [6, 6.07) is 58.0. The lowest BCUT2D eigenvalue weighted by molar-refractivity contribution is 0.209. The van der Waals surface area contributed by atoms with Gasteiger partial charge in [-0.1, -0.05) is 156 Å². The molecule has 7 rings (SSSR count). The molecular formula is C39H34N4Si. The van der Waals surface area contributed by atoms with Gasteiger partial charge in [-0.05, 0) is 34.9 Å². The van der Waals surface area contributed by atoms with Gasteiger partial charge in [0.05, 0.1) is 16.1 Å². The van der Waals surface area contributed by atoms with E-state index in [2.05, 4.69) is 161 Å². The largest absolute Gasteiger partial charge is 0.355 e. The topological polar surface area (TPSA) is 39.7 Å². The fourth-order valence-corrected chi connectivity index (χ4v) is 7.29. The number of anilines is 2. The lowest BCUT2D eigenvalue weighted by atomic mass is 10.0. The standard InChI is InChI=1S/C39H34N4Si/c1-4-13-30(14-5-1)38-41-39(31-15-6-2-7-16-31)43(42-38)28-29-23-25-33(26-24-29)40-37-22-11-10-21-36(37)32-17-12-20-35(27-32)44-34-18-8-3-9-19-34/h1-27,39-40H,28,44H2,(H,41,42). The number of para-hydroxylation sites is 1. The quantitative estimate of drug-likeness (QED) is 0.186. The van der Waals surface area contributed by atoms with Gasteiger partial charge in [-0.25, -0.2) is 0 Å². The lowest BCUT2D eigenvalue weighted by Gasteiger charge is -2.24. The molecule has 1 aliphatic heterocycles. The van der Waals surface area contributed by atoms with Gasteiger partial charge in [-0.15, -0.1) is 0 Å². The zero-order valence-electron chi connectivity index (χ0n) is 24.5. The Hall–Kier alpha value is -5.39. The normalized spacial score (nSPS) is 14.4. The summed E-state index contributed by atoms with van der Waals surface area (Å²) in [6.45, 7) is 0.692. The summed E-state index contributed by atoms with van der Waals surface area (Å²) in [6.07, 6.45) is -0.0307. The molecule has 0 spiro atoms. The molecule has 214 valence electrons. The number of hydrogen-bond donors (Lipinski definition) is 2. The van der Waals surface area contributed by atoms with Crippen LogP contribution in [0.25, 0.3) is 11.1 Å². The fraction of sp³-hybridized carbons (Fsp3) is 0.0513. The maximum Gasteiger partial charge on any atom is 0.155 e. The monoisotopic (exact) mass is 586 g/mol. The molecule has 1 atom stereocenters. The van der Waals surface area contributed by atoms with Crippen molar-refractivity contribution in [2.45, 2.75) is 12.7 Å². The van der Waals surface area contributed by atoms with Gasteiger partial charge in [0.25, 0.3) is 0 Å². The van der Waals surface area contributed by atoms with Crippen molar-refractivity contribution >= 4 is 37.1 Å². The predicted octanol–water partition coefficient (Wildman–Crippen LogP) is 6.68. The van der Waals surface area contributed by atoms with Crippen molar-refractivity contribution in [1.29, 1.82) is 0 Å². The van der Waals surface area contributed by atoms with Crippen LogP contribution in [0.15, 0.2) is 169 Å². The molecule has 6 aromatic rings. The summed E-state index contributed by atoms with van der Waals surface area (Å²) >= 11 is 0. The second-order valence-electron chi connectivity index (χ2n) is 11.1. The van der Waals surface area contributed by atoms with Gasteiger partial charge in [-0.3, -0.25) is 5.01 Å². The van der Waals surface area contributed by atoms with E-state index in [1.807, 2.05) is 18.2 Å². The van der Waals surface area contributed by atoms with E-state index in [0.717, 1.165) is 22.8 Å². The Morgan fingerprint density at radius 3 is 2.02 bits per heavy atom. The zero-order valence-corrected chi connectivity index (χ0v) is 25.9. The molecule has 0 aromatic heterocycles. The number of hydrogen-bond acceptors (Lipinski definition) is 4. The van der Waals surface area contributed by atoms with E-state index in [1.165, 1.54) is 32.6 Å².